The first-order valence-corrected chi connectivity index (χ1v) is 8.01. The van der Waals surface area contributed by atoms with Crippen LogP contribution in [-0.2, 0) is 9.59 Å². The van der Waals surface area contributed by atoms with Gasteiger partial charge in [-0.3, -0.25) is 19.7 Å². The maximum Gasteiger partial charge on any atom is 0.311 e. The minimum atomic E-state index is -0.724. The fourth-order valence-corrected chi connectivity index (χ4v) is 2.15. The first-order chi connectivity index (χ1) is 12.9. The number of para-hydroxylation sites is 1. The van der Waals surface area contributed by atoms with Gasteiger partial charge in [-0.2, -0.15) is 5.10 Å². The number of carbonyl (C=O) groups excluding carboxylic acids is 2. The molecule has 9 heteroatoms. The van der Waals surface area contributed by atoms with Crippen molar-refractivity contribution in [3.63, 3.8) is 0 Å². The quantitative estimate of drug-likeness (QED) is 0.391. The van der Waals surface area contributed by atoms with E-state index in [4.69, 9.17) is 0 Å². The van der Waals surface area contributed by atoms with Crippen molar-refractivity contribution >= 4 is 29.4 Å². The smallest absolute Gasteiger partial charge is 0.311 e. The molecule has 2 rings (SSSR count). The monoisotopic (exact) mass is 370 g/mol. The van der Waals surface area contributed by atoms with Crippen molar-refractivity contribution in [1.82, 2.24) is 5.43 Å². The Kier molecular flexibility index (Phi) is 6.59. The van der Waals surface area contributed by atoms with Crippen molar-refractivity contribution in [1.29, 1.82) is 0 Å². The molecule has 0 aliphatic heterocycles. The minimum Gasteiger partial charge on any atom is -0.502 e. The van der Waals surface area contributed by atoms with E-state index in [-0.39, 0.29) is 18.7 Å². The largest absolute Gasteiger partial charge is 0.502 e. The SMILES string of the molecule is Cc1ccccc1NC(=O)CCC(=O)N/N=C/c1ccc(O)c([N+](=O)[O-])c1. The van der Waals surface area contributed by atoms with Gasteiger partial charge in [-0.05, 0) is 30.7 Å². The Balaban J connectivity index is 1.81. The van der Waals surface area contributed by atoms with Crippen LogP contribution in [0.5, 0.6) is 5.75 Å². The molecule has 140 valence electrons. The van der Waals surface area contributed by atoms with Gasteiger partial charge in [0.2, 0.25) is 11.8 Å². The summed E-state index contributed by atoms with van der Waals surface area (Å²) in [5.41, 5.74) is 3.72. The molecule has 0 heterocycles. The fraction of sp³-hybridized carbons (Fsp3) is 0.167. The molecule has 0 aliphatic carbocycles. The van der Waals surface area contributed by atoms with Crippen LogP contribution < -0.4 is 10.7 Å². The molecule has 2 aromatic carbocycles. The molecule has 2 amide bonds. The molecule has 27 heavy (non-hydrogen) atoms. The Labute approximate surface area is 154 Å². The summed E-state index contributed by atoms with van der Waals surface area (Å²) in [6.07, 6.45) is 1.13. The van der Waals surface area contributed by atoms with Gasteiger partial charge in [0.1, 0.15) is 0 Å². The highest BCUT2D eigenvalue weighted by molar-refractivity contribution is 5.94. The lowest BCUT2D eigenvalue weighted by molar-refractivity contribution is -0.385. The average molecular weight is 370 g/mol. The van der Waals surface area contributed by atoms with Gasteiger partial charge in [-0.25, -0.2) is 5.43 Å². The number of hydrazone groups is 1. The number of anilines is 1. The summed E-state index contributed by atoms with van der Waals surface area (Å²) in [5.74, 6) is -1.22. The number of aryl methyl sites for hydroxylation is 1. The maximum atomic E-state index is 11.9. The zero-order chi connectivity index (χ0) is 19.8. The third-order valence-electron chi connectivity index (χ3n) is 3.60. The summed E-state index contributed by atoms with van der Waals surface area (Å²) < 4.78 is 0. The molecule has 0 saturated carbocycles. The standard InChI is InChI=1S/C18H18N4O5/c1-12-4-2-3-5-14(12)20-17(24)8-9-18(25)21-19-11-13-6-7-16(23)15(10-13)22(26)27/h2-7,10-11,23H,8-9H2,1H3,(H,20,24)(H,21,25)/b19-11+. The number of hydrogen-bond donors (Lipinski definition) is 3. The van der Waals surface area contributed by atoms with Crippen LogP contribution >= 0.6 is 0 Å². The van der Waals surface area contributed by atoms with Gasteiger partial charge in [0.05, 0.1) is 11.1 Å². The molecule has 0 unspecified atom stereocenters. The number of nitrogens with zero attached hydrogens (tertiary/aromatic N) is 2. The van der Waals surface area contributed by atoms with Crippen LogP contribution in [0.2, 0.25) is 0 Å². The van der Waals surface area contributed by atoms with E-state index < -0.39 is 22.3 Å². The number of nitro benzene ring substituents is 1. The molecular weight excluding hydrogens is 352 g/mol. The highest BCUT2D eigenvalue weighted by atomic mass is 16.6. The lowest BCUT2D eigenvalue weighted by Crippen LogP contribution is -2.20. The van der Waals surface area contributed by atoms with Crippen molar-refractivity contribution in [2.45, 2.75) is 19.8 Å². The average Bonchev–Trinajstić information content (AvgIpc) is 2.63. The number of carbonyl (C=O) groups is 2. The van der Waals surface area contributed by atoms with Crippen LogP contribution in [0.1, 0.15) is 24.0 Å². The normalized spacial score (nSPS) is 10.6. The molecule has 9 nitrogen and oxygen atoms in total. The van der Waals surface area contributed by atoms with E-state index in [2.05, 4.69) is 15.8 Å². The predicted molar refractivity (Wildman–Crippen MR) is 99.5 cm³/mol. The molecule has 0 atom stereocenters. The van der Waals surface area contributed by atoms with E-state index in [0.717, 1.165) is 17.7 Å². The molecule has 0 bridgehead atoms. The van der Waals surface area contributed by atoms with Gasteiger partial charge in [0.15, 0.2) is 5.75 Å². The van der Waals surface area contributed by atoms with E-state index in [9.17, 15) is 24.8 Å². The Morgan fingerprint density at radius 2 is 1.89 bits per heavy atom. The molecule has 0 radical (unpaired) electrons. The van der Waals surface area contributed by atoms with Crippen LogP contribution in [0.3, 0.4) is 0 Å². The summed E-state index contributed by atoms with van der Waals surface area (Å²) in [5, 5.41) is 26.5. The second-order valence-corrected chi connectivity index (χ2v) is 5.66. The van der Waals surface area contributed by atoms with Gasteiger partial charge in [-0.1, -0.05) is 18.2 Å². The highest BCUT2D eigenvalue weighted by Crippen LogP contribution is 2.25. The minimum absolute atomic E-state index is 0.0135. The Morgan fingerprint density at radius 3 is 2.59 bits per heavy atom. The number of phenols is 1. The number of aromatic hydroxyl groups is 1. The van der Waals surface area contributed by atoms with E-state index in [1.807, 2.05) is 19.1 Å². The van der Waals surface area contributed by atoms with Gasteiger partial charge in [-0.15, -0.1) is 0 Å². The first-order valence-electron chi connectivity index (χ1n) is 8.01. The van der Waals surface area contributed by atoms with E-state index in [1.54, 1.807) is 12.1 Å². The maximum absolute atomic E-state index is 11.9. The van der Waals surface area contributed by atoms with Gasteiger partial charge in [0.25, 0.3) is 0 Å². The molecule has 0 saturated heterocycles. The number of nitrogens with one attached hydrogen (secondary N) is 2. The second kappa shape index (κ2) is 9.09. The van der Waals surface area contributed by atoms with Gasteiger partial charge < -0.3 is 10.4 Å². The number of benzene rings is 2. The molecule has 0 spiro atoms. The lowest BCUT2D eigenvalue weighted by atomic mass is 10.2. The second-order valence-electron chi connectivity index (χ2n) is 5.66. The Hall–Kier alpha value is -3.75. The van der Waals surface area contributed by atoms with Crippen molar-refractivity contribution < 1.29 is 19.6 Å². The number of hydrogen-bond acceptors (Lipinski definition) is 6. The number of rotatable bonds is 7. The highest BCUT2D eigenvalue weighted by Gasteiger charge is 2.13. The van der Waals surface area contributed by atoms with Crippen LogP contribution in [0.25, 0.3) is 0 Å². The zero-order valence-electron chi connectivity index (χ0n) is 14.5. The van der Waals surface area contributed by atoms with Crippen LogP contribution in [0, 0.1) is 17.0 Å². The van der Waals surface area contributed by atoms with Gasteiger partial charge >= 0.3 is 5.69 Å². The predicted octanol–water partition coefficient (Wildman–Crippen LogP) is 2.48. The van der Waals surface area contributed by atoms with Crippen LogP contribution in [0.4, 0.5) is 11.4 Å². The molecular formula is C18H18N4O5. The van der Waals surface area contributed by atoms with E-state index in [1.165, 1.54) is 12.3 Å². The van der Waals surface area contributed by atoms with Crippen molar-refractivity contribution in [2.24, 2.45) is 5.10 Å². The van der Waals surface area contributed by atoms with Crippen molar-refractivity contribution in [2.75, 3.05) is 5.32 Å². The first kappa shape index (κ1) is 19.6. The summed E-state index contributed by atoms with van der Waals surface area (Å²) in [4.78, 5) is 33.6. The van der Waals surface area contributed by atoms with Gasteiger partial charge in [0, 0.05) is 30.2 Å². The van der Waals surface area contributed by atoms with Crippen LogP contribution in [0.15, 0.2) is 47.6 Å². The van der Waals surface area contributed by atoms with Crippen LogP contribution in [-0.4, -0.2) is 28.1 Å². The third-order valence-corrected chi connectivity index (χ3v) is 3.60. The Bertz CT molecular complexity index is 895. The summed E-state index contributed by atoms with van der Waals surface area (Å²) in [6.45, 7) is 1.87. The molecule has 0 aromatic heterocycles. The lowest BCUT2D eigenvalue weighted by Gasteiger charge is -2.07. The molecule has 0 aliphatic rings. The summed E-state index contributed by atoms with van der Waals surface area (Å²) >= 11 is 0. The molecule has 2 aromatic rings. The number of amides is 2. The fourth-order valence-electron chi connectivity index (χ4n) is 2.15. The zero-order valence-corrected chi connectivity index (χ0v) is 14.5. The number of nitro groups is 1. The van der Waals surface area contributed by atoms with Crippen molar-refractivity contribution in [3.8, 4) is 5.75 Å². The summed E-state index contributed by atoms with van der Waals surface area (Å²) in [7, 11) is 0. The van der Waals surface area contributed by atoms with E-state index >= 15 is 0 Å². The van der Waals surface area contributed by atoms with E-state index in [0.29, 0.717) is 11.3 Å². The third kappa shape index (κ3) is 5.92. The van der Waals surface area contributed by atoms with Crippen molar-refractivity contribution in [3.05, 3.63) is 63.7 Å². The summed E-state index contributed by atoms with van der Waals surface area (Å²) in [6, 6.07) is 11.0. The topological polar surface area (TPSA) is 134 Å². The Morgan fingerprint density at radius 1 is 1.19 bits per heavy atom. The molecule has 3 N–H and O–H groups in total. The number of phenolic OH excluding ortho intramolecular Hbond substituents is 1. The molecule has 0 fully saturated rings.